The third-order valence-corrected chi connectivity index (χ3v) is 4.28. The van der Waals surface area contributed by atoms with Crippen molar-refractivity contribution in [3.05, 3.63) is 29.3 Å². The zero-order valence-electron chi connectivity index (χ0n) is 13.7. The lowest BCUT2D eigenvalue weighted by Gasteiger charge is -2.21. The predicted octanol–water partition coefficient (Wildman–Crippen LogP) is 5.05. The van der Waals surface area contributed by atoms with Crippen LogP contribution in [-0.4, -0.2) is 12.4 Å². The first kappa shape index (κ1) is 16.1. The predicted molar refractivity (Wildman–Crippen MR) is 87.1 cm³/mol. The first-order valence-corrected chi connectivity index (χ1v) is 8.41. The van der Waals surface area contributed by atoms with E-state index in [0.717, 1.165) is 42.7 Å². The summed E-state index contributed by atoms with van der Waals surface area (Å²) in [5.74, 6) is 1.99. The number of aryl methyl sites for hydroxylation is 1. The van der Waals surface area contributed by atoms with E-state index in [1.54, 1.807) is 0 Å². The Morgan fingerprint density at radius 3 is 2.57 bits per heavy atom. The van der Waals surface area contributed by atoms with Gasteiger partial charge in [-0.25, -0.2) is 0 Å². The SMILES string of the molecule is CCc1cc(OCC(C)C)ccc1C(=O)C1CCCCC1. The molecule has 0 spiro atoms. The Labute approximate surface area is 128 Å². The highest BCUT2D eigenvalue weighted by Gasteiger charge is 2.24. The fourth-order valence-corrected chi connectivity index (χ4v) is 3.04. The second-order valence-corrected chi connectivity index (χ2v) is 6.58. The van der Waals surface area contributed by atoms with E-state index in [4.69, 9.17) is 4.74 Å². The van der Waals surface area contributed by atoms with Crippen LogP contribution in [0.2, 0.25) is 0 Å². The van der Waals surface area contributed by atoms with E-state index in [0.29, 0.717) is 11.7 Å². The van der Waals surface area contributed by atoms with Gasteiger partial charge in [0, 0.05) is 11.5 Å². The van der Waals surface area contributed by atoms with Crippen molar-refractivity contribution in [1.82, 2.24) is 0 Å². The molecule has 1 aromatic rings. The van der Waals surface area contributed by atoms with Gasteiger partial charge in [-0.1, -0.05) is 40.0 Å². The van der Waals surface area contributed by atoms with Crippen LogP contribution in [0.4, 0.5) is 0 Å². The van der Waals surface area contributed by atoms with Crippen LogP contribution in [0.1, 0.15) is 68.8 Å². The fraction of sp³-hybridized carbons (Fsp3) is 0.632. The fourth-order valence-electron chi connectivity index (χ4n) is 3.04. The van der Waals surface area contributed by atoms with Crippen LogP contribution in [0, 0.1) is 11.8 Å². The van der Waals surface area contributed by atoms with E-state index in [1.807, 2.05) is 12.1 Å². The van der Waals surface area contributed by atoms with Gasteiger partial charge >= 0.3 is 0 Å². The highest BCUT2D eigenvalue weighted by Crippen LogP contribution is 2.29. The van der Waals surface area contributed by atoms with Crippen molar-refractivity contribution in [3.63, 3.8) is 0 Å². The third-order valence-electron chi connectivity index (χ3n) is 4.28. The molecule has 1 aliphatic rings. The minimum absolute atomic E-state index is 0.242. The van der Waals surface area contributed by atoms with Crippen LogP contribution >= 0.6 is 0 Å². The van der Waals surface area contributed by atoms with Crippen molar-refractivity contribution in [1.29, 1.82) is 0 Å². The summed E-state index contributed by atoms with van der Waals surface area (Å²) < 4.78 is 5.78. The minimum Gasteiger partial charge on any atom is -0.493 e. The average molecular weight is 288 g/mol. The third kappa shape index (κ3) is 4.33. The van der Waals surface area contributed by atoms with Gasteiger partial charge in [0.25, 0.3) is 0 Å². The minimum atomic E-state index is 0.242. The van der Waals surface area contributed by atoms with Crippen molar-refractivity contribution in [3.8, 4) is 5.75 Å². The van der Waals surface area contributed by atoms with Gasteiger partial charge in [-0.15, -0.1) is 0 Å². The Kier molecular flexibility index (Phi) is 5.84. The Morgan fingerprint density at radius 2 is 1.95 bits per heavy atom. The first-order valence-electron chi connectivity index (χ1n) is 8.41. The molecule has 0 bridgehead atoms. The van der Waals surface area contributed by atoms with Gasteiger partial charge < -0.3 is 4.74 Å². The summed E-state index contributed by atoms with van der Waals surface area (Å²) in [6.45, 7) is 7.11. The maximum absolute atomic E-state index is 12.7. The van der Waals surface area contributed by atoms with E-state index in [2.05, 4.69) is 26.8 Å². The topological polar surface area (TPSA) is 26.3 Å². The molecule has 0 saturated heterocycles. The number of hydrogen-bond acceptors (Lipinski definition) is 2. The molecule has 0 aliphatic heterocycles. The lowest BCUT2D eigenvalue weighted by atomic mass is 9.82. The number of benzene rings is 1. The van der Waals surface area contributed by atoms with Gasteiger partial charge in [0.05, 0.1) is 6.61 Å². The largest absolute Gasteiger partial charge is 0.493 e. The van der Waals surface area contributed by atoms with Crippen molar-refractivity contribution in [2.45, 2.75) is 59.3 Å². The summed E-state index contributed by atoms with van der Waals surface area (Å²) >= 11 is 0. The standard InChI is InChI=1S/C19H28O2/c1-4-15-12-17(21-13-14(2)3)10-11-18(15)19(20)16-8-6-5-7-9-16/h10-12,14,16H,4-9,13H2,1-3H3. The molecule has 2 nitrogen and oxygen atoms in total. The van der Waals surface area contributed by atoms with Crippen molar-refractivity contribution < 1.29 is 9.53 Å². The molecule has 0 N–H and O–H groups in total. The van der Waals surface area contributed by atoms with Gasteiger partial charge in [0.2, 0.25) is 0 Å². The van der Waals surface area contributed by atoms with Crippen LogP contribution in [0.15, 0.2) is 18.2 Å². The van der Waals surface area contributed by atoms with Crippen LogP contribution in [-0.2, 0) is 6.42 Å². The monoisotopic (exact) mass is 288 g/mol. The summed E-state index contributed by atoms with van der Waals surface area (Å²) in [5, 5.41) is 0. The molecule has 116 valence electrons. The summed E-state index contributed by atoms with van der Waals surface area (Å²) in [6.07, 6.45) is 6.70. The Morgan fingerprint density at radius 1 is 1.24 bits per heavy atom. The number of carbonyl (C=O) groups is 1. The number of ketones is 1. The van der Waals surface area contributed by atoms with Gasteiger partial charge in [0.1, 0.15) is 5.75 Å². The molecule has 0 amide bonds. The number of rotatable bonds is 6. The van der Waals surface area contributed by atoms with Gasteiger partial charge in [-0.3, -0.25) is 4.79 Å². The number of carbonyl (C=O) groups excluding carboxylic acids is 1. The highest BCUT2D eigenvalue weighted by molar-refractivity contribution is 5.99. The van der Waals surface area contributed by atoms with E-state index in [1.165, 1.54) is 19.3 Å². The second-order valence-electron chi connectivity index (χ2n) is 6.58. The molecule has 1 saturated carbocycles. The van der Waals surface area contributed by atoms with Crippen LogP contribution in [0.3, 0.4) is 0 Å². The summed E-state index contributed by atoms with van der Waals surface area (Å²) in [4.78, 5) is 12.7. The Balaban J connectivity index is 2.13. The maximum Gasteiger partial charge on any atom is 0.166 e. The summed E-state index contributed by atoms with van der Waals surface area (Å²) in [6, 6.07) is 5.99. The van der Waals surface area contributed by atoms with E-state index in [9.17, 15) is 4.79 Å². The normalized spacial score (nSPS) is 16.2. The molecule has 0 heterocycles. The van der Waals surface area contributed by atoms with Crippen LogP contribution in [0.5, 0.6) is 5.75 Å². The summed E-state index contributed by atoms with van der Waals surface area (Å²) in [7, 11) is 0. The van der Waals surface area contributed by atoms with Crippen molar-refractivity contribution in [2.75, 3.05) is 6.61 Å². The summed E-state index contributed by atoms with van der Waals surface area (Å²) in [5.41, 5.74) is 2.05. The molecule has 0 unspecified atom stereocenters. The van der Waals surface area contributed by atoms with E-state index < -0.39 is 0 Å². The van der Waals surface area contributed by atoms with Crippen LogP contribution in [0.25, 0.3) is 0 Å². The average Bonchev–Trinajstić information content (AvgIpc) is 2.52. The molecule has 1 fully saturated rings. The molecule has 2 heteroatoms. The number of Topliss-reactive ketones (excluding diaryl/α,β-unsaturated/α-hetero) is 1. The lowest BCUT2D eigenvalue weighted by Crippen LogP contribution is -2.19. The molecular formula is C19H28O2. The van der Waals surface area contributed by atoms with Crippen LogP contribution < -0.4 is 4.74 Å². The molecule has 21 heavy (non-hydrogen) atoms. The number of ether oxygens (including phenoxy) is 1. The van der Waals surface area contributed by atoms with Gasteiger partial charge in [-0.2, -0.15) is 0 Å². The zero-order chi connectivity index (χ0) is 15.2. The molecule has 0 atom stereocenters. The number of hydrogen-bond donors (Lipinski definition) is 0. The van der Waals surface area contributed by atoms with E-state index >= 15 is 0 Å². The van der Waals surface area contributed by atoms with E-state index in [-0.39, 0.29) is 5.92 Å². The quantitative estimate of drug-likeness (QED) is 0.685. The molecule has 2 rings (SSSR count). The second kappa shape index (κ2) is 7.63. The maximum atomic E-state index is 12.7. The Bertz CT molecular complexity index is 470. The molecule has 1 aromatic carbocycles. The molecular weight excluding hydrogens is 260 g/mol. The molecule has 0 radical (unpaired) electrons. The Hall–Kier alpha value is -1.31. The first-order chi connectivity index (χ1) is 10.1. The zero-order valence-corrected chi connectivity index (χ0v) is 13.7. The molecule has 0 aromatic heterocycles. The highest BCUT2D eigenvalue weighted by atomic mass is 16.5. The smallest absolute Gasteiger partial charge is 0.166 e. The molecule has 1 aliphatic carbocycles. The van der Waals surface area contributed by atoms with Gasteiger partial charge in [-0.05, 0) is 48.9 Å². The van der Waals surface area contributed by atoms with Crippen molar-refractivity contribution in [2.24, 2.45) is 11.8 Å². The van der Waals surface area contributed by atoms with Gasteiger partial charge in [0.15, 0.2) is 5.78 Å². The van der Waals surface area contributed by atoms with Crippen molar-refractivity contribution >= 4 is 5.78 Å². The lowest BCUT2D eigenvalue weighted by molar-refractivity contribution is 0.0888.